The van der Waals surface area contributed by atoms with Crippen LogP contribution in [0.5, 0.6) is 0 Å². The van der Waals surface area contributed by atoms with Crippen LogP contribution in [0.2, 0.25) is 0 Å². The topological polar surface area (TPSA) is 59.6 Å². The molecule has 2 aromatic rings. The second-order valence-electron chi connectivity index (χ2n) is 8.11. The van der Waals surface area contributed by atoms with Crippen molar-refractivity contribution in [1.82, 2.24) is 24.6 Å². The maximum Gasteiger partial charge on any atom is 0.146 e. The molecule has 0 radical (unpaired) electrons. The molecule has 0 spiro atoms. The summed E-state index contributed by atoms with van der Waals surface area (Å²) in [7, 11) is 2.12. The molecule has 0 aromatic carbocycles. The molecular formula is C21H33N5O2. The predicted octanol–water partition coefficient (Wildman–Crippen LogP) is 2.57. The SMILES string of the molecule is CCCc1ccc(CN2CCC[C@@H](c3nnc(CN4CCOCC4)n3C)C2)o1. The van der Waals surface area contributed by atoms with Gasteiger partial charge in [0.15, 0.2) is 0 Å². The molecule has 154 valence electrons. The van der Waals surface area contributed by atoms with Gasteiger partial charge in [-0.15, -0.1) is 10.2 Å². The Kier molecular flexibility index (Phi) is 6.44. The normalized spacial score (nSPS) is 22.0. The van der Waals surface area contributed by atoms with Crippen molar-refractivity contribution in [3.8, 4) is 0 Å². The summed E-state index contributed by atoms with van der Waals surface area (Å²) in [5.41, 5.74) is 0. The van der Waals surface area contributed by atoms with Gasteiger partial charge in [-0.3, -0.25) is 9.80 Å². The molecule has 2 aromatic heterocycles. The lowest BCUT2D eigenvalue weighted by atomic mass is 9.97. The van der Waals surface area contributed by atoms with Crippen LogP contribution in [0.3, 0.4) is 0 Å². The Balaban J connectivity index is 1.37. The Labute approximate surface area is 167 Å². The summed E-state index contributed by atoms with van der Waals surface area (Å²) in [5, 5.41) is 9.09. The number of rotatable bonds is 7. The molecule has 1 atom stereocenters. The molecule has 4 heterocycles. The van der Waals surface area contributed by atoms with E-state index in [1.807, 2.05) is 0 Å². The Morgan fingerprint density at radius 3 is 2.68 bits per heavy atom. The second-order valence-corrected chi connectivity index (χ2v) is 8.11. The third-order valence-corrected chi connectivity index (χ3v) is 5.93. The molecule has 7 heteroatoms. The second kappa shape index (κ2) is 9.20. The van der Waals surface area contributed by atoms with Crippen LogP contribution in [-0.2, 0) is 31.3 Å². The van der Waals surface area contributed by atoms with Gasteiger partial charge < -0.3 is 13.7 Å². The highest BCUT2D eigenvalue weighted by molar-refractivity contribution is 5.09. The molecular weight excluding hydrogens is 354 g/mol. The van der Waals surface area contributed by atoms with Crippen LogP contribution in [0.15, 0.2) is 16.5 Å². The van der Waals surface area contributed by atoms with Gasteiger partial charge in [-0.25, -0.2) is 0 Å². The molecule has 0 saturated carbocycles. The van der Waals surface area contributed by atoms with Crippen LogP contribution >= 0.6 is 0 Å². The Morgan fingerprint density at radius 1 is 1.04 bits per heavy atom. The average molecular weight is 388 g/mol. The average Bonchev–Trinajstić information content (AvgIpc) is 3.30. The van der Waals surface area contributed by atoms with Crippen LogP contribution < -0.4 is 0 Å². The van der Waals surface area contributed by atoms with E-state index >= 15 is 0 Å². The van der Waals surface area contributed by atoms with Crippen molar-refractivity contribution in [2.75, 3.05) is 39.4 Å². The highest BCUT2D eigenvalue weighted by atomic mass is 16.5. The van der Waals surface area contributed by atoms with E-state index in [2.05, 4.69) is 50.7 Å². The molecule has 0 N–H and O–H groups in total. The molecule has 2 aliphatic rings. The number of likely N-dealkylation sites (tertiary alicyclic amines) is 1. The highest BCUT2D eigenvalue weighted by Gasteiger charge is 2.27. The van der Waals surface area contributed by atoms with E-state index in [1.54, 1.807) is 0 Å². The summed E-state index contributed by atoms with van der Waals surface area (Å²) in [5.74, 6) is 4.81. The molecule has 4 rings (SSSR count). The van der Waals surface area contributed by atoms with E-state index in [0.29, 0.717) is 5.92 Å². The molecule has 28 heavy (non-hydrogen) atoms. The maximum atomic E-state index is 5.99. The largest absolute Gasteiger partial charge is 0.465 e. The zero-order chi connectivity index (χ0) is 19.3. The van der Waals surface area contributed by atoms with Crippen LogP contribution in [0, 0.1) is 0 Å². The van der Waals surface area contributed by atoms with E-state index in [-0.39, 0.29) is 0 Å². The number of furan rings is 1. The van der Waals surface area contributed by atoms with Crippen LogP contribution in [-0.4, -0.2) is 64.0 Å². The Hall–Kier alpha value is -1.70. The third-order valence-electron chi connectivity index (χ3n) is 5.93. The maximum absolute atomic E-state index is 5.99. The van der Waals surface area contributed by atoms with Gasteiger partial charge in [0.25, 0.3) is 0 Å². The summed E-state index contributed by atoms with van der Waals surface area (Å²) in [6.45, 7) is 9.65. The number of morpholine rings is 1. The first-order valence-corrected chi connectivity index (χ1v) is 10.7. The zero-order valence-electron chi connectivity index (χ0n) is 17.3. The monoisotopic (exact) mass is 387 g/mol. The van der Waals surface area contributed by atoms with E-state index in [1.165, 1.54) is 12.8 Å². The number of hydrogen-bond acceptors (Lipinski definition) is 6. The molecule has 0 bridgehead atoms. The minimum atomic E-state index is 0.440. The molecule has 0 aliphatic carbocycles. The molecule has 2 fully saturated rings. The van der Waals surface area contributed by atoms with E-state index in [9.17, 15) is 0 Å². The van der Waals surface area contributed by atoms with Crippen molar-refractivity contribution in [2.45, 2.75) is 51.6 Å². The minimum absolute atomic E-state index is 0.440. The van der Waals surface area contributed by atoms with Crippen LogP contribution in [0.4, 0.5) is 0 Å². The Morgan fingerprint density at radius 2 is 1.86 bits per heavy atom. The van der Waals surface area contributed by atoms with Gasteiger partial charge in [0, 0.05) is 39.0 Å². The Bertz CT molecular complexity index is 750. The first kappa shape index (κ1) is 19.6. The first-order valence-electron chi connectivity index (χ1n) is 10.7. The fourth-order valence-electron chi connectivity index (χ4n) is 4.35. The fraction of sp³-hybridized carbons (Fsp3) is 0.714. The fourth-order valence-corrected chi connectivity index (χ4v) is 4.35. The summed E-state index contributed by atoms with van der Waals surface area (Å²) in [6, 6.07) is 4.26. The quantitative estimate of drug-likeness (QED) is 0.728. The van der Waals surface area contributed by atoms with Crippen LogP contribution in [0.25, 0.3) is 0 Å². The molecule has 7 nitrogen and oxygen atoms in total. The standard InChI is InChI=1S/C21H33N5O2/c1-3-5-18-7-8-19(28-18)15-26-9-4-6-17(14-26)21-23-22-20(24(21)2)16-25-10-12-27-13-11-25/h7-8,17H,3-6,9-16H2,1-2H3/t17-/m1/s1. The van der Waals surface area contributed by atoms with E-state index < -0.39 is 0 Å². The molecule has 2 saturated heterocycles. The molecule has 2 aliphatic heterocycles. The summed E-state index contributed by atoms with van der Waals surface area (Å²) >= 11 is 0. The summed E-state index contributed by atoms with van der Waals surface area (Å²) < 4.78 is 13.7. The van der Waals surface area contributed by atoms with Crippen molar-refractivity contribution in [3.05, 3.63) is 35.3 Å². The van der Waals surface area contributed by atoms with Gasteiger partial charge in [-0.1, -0.05) is 6.92 Å². The molecule has 0 unspecified atom stereocenters. The van der Waals surface area contributed by atoms with Crippen molar-refractivity contribution >= 4 is 0 Å². The van der Waals surface area contributed by atoms with Crippen molar-refractivity contribution in [1.29, 1.82) is 0 Å². The smallest absolute Gasteiger partial charge is 0.146 e. The van der Waals surface area contributed by atoms with Crippen molar-refractivity contribution < 1.29 is 9.15 Å². The van der Waals surface area contributed by atoms with E-state index in [0.717, 1.165) is 88.5 Å². The minimum Gasteiger partial charge on any atom is -0.465 e. The number of aromatic nitrogens is 3. The van der Waals surface area contributed by atoms with Gasteiger partial charge >= 0.3 is 0 Å². The van der Waals surface area contributed by atoms with E-state index in [4.69, 9.17) is 9.15 Å². The van der Waals surface area contributed by atoms with Gasteiger partial charge in [0.05, 0.1) is 26.3 Å². The van der Waals surface area contributed by atoms with Gasteiger partial charge in [0.1, 0.15) is 23.2 Å². The summed E-state index contributed by atoms with van der Waals surface area (Å²) in [4.78, 5) is 4.90. The van der Waals surface area contributed by atoms with Crippen LogP contribution in [0.1, 0.15) is 55.3 Å². The number of nitrogens with zero attached hydrogens (tertiary/aromatic N) is 5. The predicted molar refractivity (Wildman–Crippen MR) is 107 cm³/mol. The van der Waals surface area contributed by atoms with Gasteiger partial charge in [-0.2, -0.15) is 0 Å². The number of ether oxygens (including phenoxy) is 1. The van der Waals surface area contributed by atoms with Gasteiger partial charge in [0.2, 0.25) is 0 Å². The lowest BCUT2D eigenvalue weighted by Crippen LogP contribution is -2.36. The first-order chi connectivity index (χ1) is 13.7. The van der Waals surface area contributed by atoms with Gasteiger partial charge in [-0.05, 0) is 37.9 Å². The number of piperidine rings is 1. The van der Waals surface area contributed by atoms with Crippen molar-refractivity contribution in [2.24, 2.45) is 7.05 Å². The lowest BCUT2D eigenvalue weighted by molar-refractivity contribution is 0.0326. The number of aryl methyl sites for hydroxylation is 1. The highest BCUT2D eigenvalue weighted by Crippen LogP contribution is 2.27. The third kappa shape index (κ3) is 4.64. The lowest BCUT2D eigenvalue weighted by Gasteiger charge is -2.31. The van der Waals surface area contributed by atoms with Crippen molar-refractivity contribution in [3.63, 3.8) is 0 Å². The zero-order valence-corrected chi connectivity index (χ0v) is 17.3. The number of hydrogen-bond donors (Lipinski definition) is 0. The molecule has 0 amide bonds. The summed E-state index contributed by atoms with van der Waals surface area (Å²) in [6.07, 6.45) is 4.52.